The van der Waals surface area contributed by atoms with Gasteiger partial charge in [0.15, 0.2) is 0 Å². The molecule has 1 amide bonds. The summed E-state index contributed by atoms with van der Waals surface area (Å²) in [6, 6.07) is 8.82. The van der Waals surface area contributed by atoms with Gasteiger partial charge in [-0.15, -0.1) is 11.8 Å². The molecule has 1 fully saturated rings. The van der Waals surface area contributed by atoms with Crippen LogP contribution in [0.25, 0.3) is 0 Å². The zero-order valence-electron chi connectivity index (χ0n) is 13.2. The fourth-order valence-corrected chi connectivity index (χ4v) is 3.78. The lowest BCUT2D eigenvalue weighted by Crippen LogP contribution is -2.54. The van der Waals surface area contributed by atoms with E-state index in [2.05, 4.69) is 0 Å². The summed E-state index contributed by atoms with van der Waals surface area (Å²) in [5, 5.41) is 0.000909. The molecule has 24 heavy (non-hydrogen) atoms. The first-order valence-corrected chi connectivity index (χ1v) is 8.65. The smallest absolute Gasteiger partial charge is 0.302 e. The van der Waals surface area contributed by atoms with Crippen molar-refractivity contribution in [1.29, 1.82) is 0 Å². The third kappa shape index (κ3) is 3.31. The molecule has 0 aromatic heterocycles. The largest absolute Gasteiger partial charge is 0.491 e. The van der Waals surface area contributed by atoms with Gasteiger partial charge in [-0.1, -0.05) is 30.3 Å². The van der Waals surface area contributed by atoms with E-state index in [-0.39, 0.29) is 36.2 Å². The Bertz CT molecular complexity index is 700. The van der Waals surface area contributed by atoms with Crippen LogP contribution >= 0.6 is 11.8 Å². The fourth-order valence-electron chi connectivity index (χ4n) is 2.59. The molecule has 1 saturated heterocycles. The molecule has 0 unspecified atom stereocenters. The number of carbonyl (C=O) groups excluding carboxylic acids is 3. The average molecular weight is 347 g/mol. The molecule has 1 aromatic rings. The Labute approximate surface area is 143 Å². The average Bonchev–Trinajstić information content (AvgIpc) is 2.58. The van der Waals surface area contributed by atoms with Crippen LogP contribution in [0.1, 0.15) is 23.7 Å². The van der Waals surface area contributed by atoms with Crippen molar-refractivity contribution in [3.63, 3.8) is 0 Å². The minimum atomic E-state index is -0.385. The van der Waals surface area contributed by atoms with Crippen molar-refractivity contribution in [2.24, 2.45) is 0 Å². The van der Waals surface area contributed by atoms with E-state index in [0.29, 0.717) is 29.2 Å². The zero-order chi connectivity index (χ0) is 17.1. The maximum atomic E-state index is 12.9. The minimum absolute atomic E-state index is 0.000909. The monoisotopic (exact) mass is 347 g/mol. The maximum absolute atomic E-state index is 12.9. The molecule has 2 aliphatic heterocycles. The van der Waals surface area contributed by atoms with Gasteiger partial charge in [-0.25, -0.2) is 0 Å². The summed E-state index contributed by atoms with van der Waals surface area (Å²) >= 11 is 1.57. The van der Waals surface area contributed by atoms with Gasteiger partial charge in [0.25, 0.3) is 0 Å². The van der Waals surface area contributed by atoms with E-state index >= 15 is 0 Å². The predicted molar refractivity (Wildman–Crippen MR) is 88.1 cm³/mol. The first-order valence-electron chi connectivity index (χ1n) is 7.60. The number of hydrogen-bond donors (Lipinski definition) is 0. The molecule has 1 aromatic carbocycles. The van der Waals surface area contributed by atoms with Crippen LogP contribution in [-0.4, -0.2) is 46.9 Å². The van der Waals surface area contributed by atoms with E-state index in [0.717, 1.165) is 0 Å². The predicted octanol–water partition coefficient (Wildman–Crippen LogP) is 1.97. The number of hydrogen-bond acceptors (Lipinski definition) is 6. The molecule has 2 aliphatic rings. The number of ether oxygens (including phenoxy) is 2. The lowest BCUT2D eigenvalue weighted by Gasteiger charge is -2.44. The molecular weight excluding hydrogens is 330 g/mol. The standard InChI is InChI=1S/C17H17NO5S/c1-11(19)22-7-8-23-13-10-24-15-9-14(20)18(15)16(13)17(21)12-5-3-2-4-6-12/h2-6,15H,7-10H2,1H3/t15-/m1/s1. The van der Waals surface area contributed by atoms with E-state index in [1.807, 2.05) is 6.07 Å². The molecule has 126 valence electrons. The van der Waals surface area contributed by atoms with Crippen molar-refractivity contribution in [2.45, 2.75) is 18.7 Å². The lowest BCUT2D eigenvalue weighted by atomic mass is 10.0. The Kier molecular flexibility index (Phi) is 4.89. The number of Topliss-reactive ketones (excluding diaryl/α,β-unsaturated/α-hetero) is 1. The topological polar surface area (TPSA) is 72.9 Å². The number of fused-ring (bicyclic) bond motifs is 1. The van der Waals surface area contributed by atoms with Gasteiger partial charge in [0, 0.05) is 12.5 Å². The maximum Gasteiger partial charge on any atom is 0.302 e. The van der Waals surface area contributed by atoms with Gasteiger partial charge in [0.1, 0.15) is 24.7 Å². The van der Waals surface area contributed by atoms with Crippen molar-refractivity contribution in [1.82, 2.24) is 4.90 Å². The molecular formula is C17H17NO5S. The summed E-state index contributed by atoms with van der Waals surface area (Å²) in [6.45, 7) is 1.57. The molecule has 0 spiro atoms. The number of benzene rings is 1. The SMILES string of the molecule is CC(=O)OCCOC1=C(C(=O)c2ccccc2)N2C(=O)C[C@H]2SC1. The highest BCUT2D eigenvalue weighted by Crippen LogP contribution is 2.41. The van der Waals surface area contributed by atoms with E-state index in [1.54, 1.807) is 36.0 Å². The van der Waals surface area contributed by atoms with Crippen LogP contribution in [-0.2, 0) is 19.1 Å². The molecule has 0 saturated carbocycles. The number of β-lactam (4-membered cyclic amide) rings is 1. The highest BCUT2D eigenvalue weighted by molar-refractivity contribution is 8.00. The third-order valence-corrected chi connectivity index (χ3v) is 4.92. The second-order valence-corrected chi connectivity index (χ2v) is 6.56. The highest BCUT2D eigenvalue weighted by atomic mass is 32.2. The Hall–Kier alpha value is -2.28. The highest BCUT2D eigenvalue weighted by Gasteiger charge is 2.46. The first kappa shape index (κ1) is 16.6. The number of ketones is 1. The molecule has 1 atom stereocenters. The summed E-state index contributed by atoms with van der Waals surface area (Å²) < 4.78 is 10.5. The molecule has 0 N–H and O–H groups in total. The molecule has 7 heteroatoms. The van der Waals surface area contributed by atoms with Gasteiger partial charge in [0.05, 0.1) is 17.5 Å². The zero-order valence-corrected chi connectivity index (χ0v) is 14.0. The van der Waals surface area contributed by atoms with Crippen LogP contribution in [0.3, 0.4) is 0 Å². The molecule has 2 heterocycles. The Morgan fingerprint density at radius 3 is 2.67 bits per heavy atom. The van der Waals surface area contributed by atoms with Crippen molar-refractivity contribution >= 4 is 29.4 Å². The molecule has 0 bridgehead atoms. The molecule has 0 aliphatic carbocycles. The number of thioether (sulfide) groups is 1. The second kappa shape index (κ2) is 7.09. The summed E-state index contributed by atoms with van der Waals surface area (Å²) in [5.74, 6) is 0.293. The van der Waals surface area contributed by atoms with Crippen molar-refractivity contribution in [3.8, 4) is 0 Å². The van der Waals surface area contributed by atoms with Crippen LogP contribution in [0.2, 0.25) is 0 Å². The van der Waals surface area contributed by atoms with Crippen molar-refractivity contribution < 1.29 is 23.9 Å². The van der Waals surface area contributed by atoms with Gasteiger partial charge < -0.3 is 9.47 Å². The molecule has 3 rings (SSSR count). The second-order valence-electron chi connectivity index (χ2n) is 5.39. The van der Waals surface area contributed by atoms with Gasteiger partial charge in [0.2, 0.25) is 11.7 Å². The van der Waals surface area contributed by atoms with Crippen LogP contribution in [0.15, 0.2) is 41.8 Å². The Morgan fingerprint density at radius 2 is 2.00 bits per heavy atom. The number of allylic oxidation sites excluding steroid dienone is 1. The Morgan fingerprint density at radius 1 is 1.25 bits per heavy atom. The minimum Gasteiger partial charge on any atom is -0.491 e. The van der Waals surface area contributed by atoms with Crippen molar-refractivity contribution in [3.05, 3.63) is 47.4 Å². The van der Waals surface area contributed by atoms with Crippen LogP contribution in [0, 0.1) is 0 Å². The first-order chi connectivity index (χ1) is 11.6. The quantitative estimate of drug-likeness (QED) is 0.339. The van der Waals surface area contributed by atoms with Gasteiger partial charge in [-0.3, -0.25) is 19.3 Å². The normalized spacial score (nSPS) is 19.5. The number of carbonyl (C=O) groups is 3. The van der Waals surface area contributed by atoms with Crippen LogP contribution < -0.4 is 0 Å². The number of nitrogens with zero attached hydrogens (tertiary/aromatic N) is 1. The number of rotatable bonds is 6. The summed E-state index contributed by atoms with van der Waals surface area (Å²) in [5.41, 5.74) is 0.822. The molecule has 6 nitrogen and oxygen atoms in total. The third-order valence-electron chi connectivity index (χ3n) is 3.73. The lowest BCUT2D eigenvalue weighted by molar-refractivity contribution is -0.142. The summed E-state index contributed by atoms with van der Waals surface area (Å²) in [4.78, 5) is 37.2. The van der Waals surface area contributed by atoms with Gasteiger partial charge >= 0.3 is 5.97 Å². The van der Waals surface area contributed by atoms with Gasteiger partial charge in [-0.2, -0.15) is 0 Å². The fraction of sp³-hybridized carbons (Fsp3) is 0.353. The van der Waals surface area contributed by atoms with E-state index in [9.17, 15) is 14.4 Å². The van der Waals surface area contributed by atoms with E-state index in [4.69, 9.17) is 9.47 Å². The van der Waals surface area contributed by atoms with Crippen LogP contribution in [0.5, 0.6) is 0 Å². The van der Waals surface area contributed by atoms with Crippen molar-refractivity contribution in [2.75, 3.05) is 19.0 Å². The summed E-state index contributed by atoms with van der Waals surface area (Å²) in [7, 11) is 0. The number of amides is 1. The van der Waals surface area contributed by atoms with E-state index in [1.165, 1.54) is 11.8 Å². The summed E-state index contributed by atoms with van der Waals surface area (Å²) in [6.07, 6.45) is 0.441. The molecule has 0 radical (unpaired) electrons. The van der Waals surface area contributed by atoms with Crippen LogP contribution in [0.4, 0.5) is 0 Å². The Balaban J connectivity index is 1.83. The van der Waals surface area contributed by atoms with E-state index < -0.39 is 0 Å². The number of esters is 1. The van der Waals surface area contributed by atoms with Gasteiger partial charge in [-0.05, 0) is 0 Å².